The molecular weight excluding hydrogens is 324 g/mol. The maximum absolute atomic E-state index is 12.2. The number of nitrogens with zero attached hydrogens (tertiary/aromatic N) is 1. The third-order valence-corrected chi connectivity index (χ3v) is 6.00. The van der Waals surface area contributed by atoms with Gasteiger partial charge in [0.2, 0.25) is 10.0 Å². The summed E-state index contributed by atoms with van der Waals surface area (Å²) in [5.41, 5.74) is 0.624. The van der Waals surface area contributed by atoms with Crippen LogP contribution in [0.25, 0.3) is 10.2 Å². The molecule has 22 heavy (non-hydrogen) atoms. The molecule has 0 amide bonds. The largest absolute Gasteiger partial charge is 0.480 e. The molecule has 0 aliphatic heterocycles. The fraction of sp³-hybridized carbons (Fsp3) is 0.429. The van der Waals surface area contributed by atoms with Crippen LogP contribution >= 0.6 is 11.3 Å². The second kappa shape index (κ2) is 5.60. The Morgan fingerprint density at radius 1 is 1.36 bits per heavy atom. The maximum atomic E-state index is 12.2. The minimum atomic E-state index is -3.87. The molecule has 2 aromatic rings. The molecule has 0 saturated carbocycles. The van der Waals surface area contributed by atoms with Crippen LogP contribution in [0.2, 0.25) is 0 Å². The summed E-state index contributed by atoms with van der Waals surface area (Å²) in [6.45, 7) is 7.40. The monoisotopic (exact) mass is 342 g/mol. The molecule has 120 valence electrons. The molecule has 2 N–H and O–H groups in total. The average molecular weight is 342 g/mol. The second-order valence-corrected chi connectivity index (χ2v) is 8.82. The predicted molar refractivity (Wildman–Crippen MR) is 85.7 cm³/mol. The van der Waals surface area contributed by atoms with Gasteiger partial charge in [0, 0.05) is 5.41 Å². The van der Waals surface area contributed by atoms with E-state index >= 15 is 0 Å². The van der Waals surface area contributed by atoms with Crippen LogP contribution in [0.5, 0.6) is 0 Å². The van der Waals surface area contributed by atoms with Gasteiger partial charge in [-0.3, -0.25) is 4.79 Å². The van der Waals surface area contributed by atoms with Crippen molar-refractivity contribution in [3.05, 3.63) is 23.2 Å². The number of hydrogen-bond donors (Lipinski definition) is 2. The van der Waals surface area contributed by atoms with Crippen molar-refractivity contribution in [3.63, 3.8) is 0 Å². The average Bonchev–Trinajstić information content (AvgIpc) is 2.80. The Balaban J connectivity index is 2.43. The lowest BCUT2D eigenvalue weighted by atomic mass is 9.98. The number of aliphatic carboxylic acids is 1. The second-order valence-electron chi connectivity index (χ2n) is 6.08. The van der Waals surface area contributed by atoms with Crippen LogP contribution < -0.4 is 4.72 Å². The molecule has 0 saturated heterocycles. The Kier molecular flexibility index (Phi) is 4.29. The van der Waals surface area contributed by atoms with Gasteiger partial charge in [0.05, 0.1) is 20.1 Å². The van der Waals surface area contributed by atoms with Crippen LogP contribution in [0.4, 0.5) is 0 Å². The van der Waals surface area contributed by atoms with E-state index in [1.54, 1.807) is 6.07 Å². The van der Waals surface area contributed by atoms with Gasteiger partial charge in [0.25, 0.3) is 0 Å². The molecule has 2 rings (SSSR count). The summed E-state index contributed by atoms with van der Waals surface area (Å²) in [6, 6.07) is 3.42. The third-order valence-electron chi connectivity index (χ3n) is 3.01. The van der Waals surface area contributed by atoms with E-state index in [2.05, 4.69) is 9.71 Å². The van der Waals surface area contributed by atoms with E-state index in [1.807, 2.05) is 20.8 Å². The molecule has 0 radical (unpaired) electrons. The van der Waals surface area contributed by atoms with Crippen LogP contribution in [-0.2, 0) is 20.2 Å². The Hall–Kier alpha value is -1.51. The van der Waals surface area contributed by atoms with Gasteiger partial charge in [-0.1, -0.05) is 20.8 Å². The van der Waals surface area contributed by atoms with E-state index < -0.39 is 22.0 Å². The van der Waals surface area contributed by atoms with Gasteiger partial charge in [-0.2, -0.15) is 4.72 Å². The number of carboxylic acids is 1. The lowest BCUT2D eigenvalue weighted by Crippen LogP contribution is -2.38. The SMILES string of the molecule is CC(NS(=O)(=O)c1ccc2nc(C(C)(C)C)sc2c1)C(=O)O. The first-order valence-corrected chi connectivity index (χ1v) is 8.97. The summed E-state index contributed by atoms with van der Waals surface area (Å²) >= 11 is 1.44. The number of benzene rings is 1. The first-order valence-electron chi connectivity index (χ1n) is 6.67. The third kappa shape index (κ3) is 3.45. The Labute approximate surface area is 133 Å². The molecule has 0 fully saturated rings. The van der Waals surface area contributed by atoms with E-state index in [9.17, 15) is 13.2 Å². The summed E-state index contributed by atoms with van der Waals surface area (Å²) < 4.78 is 27.3. The summed E-state index contributed by atoms with van der Waals surface area (Å²) in [7, 11) is -3.87. The number of thiazole rings is 1. The summed E-state index contributed by atoms with van der Waals surface area (Å²) in [4.78, 5) is 15.3. The summed E-state index contributed by atoms with van der Waals surface area (Å²) in [6.07, 6.45) is 0. The summed E-state index contributed by atoms with van der Waals surface area (Å²) in [5, 5.41) is 9.74. The van der Waals surface area contributed by atoms with Gasteiger partial charge in [-0.25, -0.2) is 13.4 Å². The number of sulfonamides is 1. The van der Waals surface area contributed by atoms with E-state index in [-0.39, 0.29) is 10.3 Å². The number of rotatable bonds is 4. The zero-order valence-corrected chi connectivity index (χ0v) is 14.4. The Morgan fingerprint density at radius 2 is 2.00 bits per heavy atom. The van der Waals surface area contributed by atoms with Gasteiger partial charge < -0.3 is 5.11 Å². The highest BCUT2D eigenvalue weighted by Crippen LogP contribution is 2.32. The van der Waals surface area contributed by atoms with E-state index in [4.69, 9.17) is 5.11 Å². The standard InChI is InChI=1S/C14H18N2O4S2/c1-8(12(17)18)16-22(19,20)9-5-6-10-11(7-9)21-13(15-10)14(2,3)4/h5-8,16H,1-4H3,(H,17,18). The molecule has 1 aromatic heterocycles. The number of fused-ring (bicyclic) bond motifs is 1. The van der Waals surface area contributed by atoms with Crippen molar-refractivity contribution in [1.29, 1.82) is 0 Å². The van der Waals surface area contributed by atoms with Gasteiger partial charge in [0.15, 0.2) is 0 Å². The Morgan fingerprint density at radius 3 is 2.55 bits per heavy atom. The molecule has 1 unspecified atom stereocenters. The molecule has 1 aromatic carbocycles. The number of aromatic nitrogens is 1. The van der Waals surface area contributed by atoms with Crippen molar-refractivity contribution in [2.45, 2.75) is 44.0 Å². The van der Waals surface area contributed by atoms with Crippen molar-refractivity contribution in [1.82, 2.24) is 9.71 Å². The first-order chi connectivity index (χ1) is 10.0. The topological polar surface area (TPSA) is 96.4 Å². The molecule has 0 aliphatic carbocycles. The lowest BCUT2D eigenvalue weighted by molar-refractivity contribution is -0.138. The van der Waals surface area contributed by atoms with Gasteiger partial charge in [-0.05, 0) is 25.1 Å². The quantitative estimate of drug-likeness (QED) is 0.889. The van der Waals surface area contributed by atoms with Crippen LogP contribution in [0.15, 0.2) is 23.1 Å². The lowest BCUT2D eigenvalue weighted by Gasteiger charge is -2.13. The van der Waals surface area contributed by atoms with Crippen molar-refractivity contribution in [2.75, 3.05) is 0 Å². The molecule has 0 bridgehead atoms. The van der Waals surface area contributed by atoms with Crippen LogP contribution in [0, 0.1) is 0 Å². The number of carbonyl (C=O) groups is 1. The van der Waals surface area contributed by atoms with Crippen LogP contribution in [0.3, 0.4) is 0 Å². The molecule has 0 aliphatic rings. The fourth-order valence-corrected chi connectivity index (χ4v) is 4.10. The van der Waals surface area contributed by atoms with E-state index in [0.717, 1.165) is 15.2 Å². The molecule has 0 spiro atoms. The molecule has 1 atom stereocenters. The first kappa shape index (κ1) is 16.9. The normalized spacial score (nSPS) is 14.2. The van der Waals surface area contributed by atoms with Crippen molar-refractivity contribution < 1.29 is 18.3 Å². The van der Waals surface area contributed by atoms with Crippen molar-refractivity contribution >= 4 is 37.5 Å². The van der Waals surface area contributed by atoms with Crippen LogP contribution in [-0.4, -0.2) is 30.5 Å². The van der Waals surface area contributed by atoms with Gasteiger partial charge in [-0.15, -0.1) is 11.3 Å². The maximum Gasteiger partial charge on any atom is 0.321 e. The number of hydrogen-bond acceptors (Lipinski definition) is 5. The van der Waals surface area contributed by atoms with Crippen molar-refractivity contribution in [3.8, 4) is 0 Å². The fourth-order valence-electron chi connectivity index (χ4n) is 1.74. The highest BCUT2D eigenvalue weighted by Gasteiger charge is 2.23. The van der Waals surface area contributed by atoms with Crippen LogP contribution in [0.1, 0.15) is 32.7 Å². The molecule has 1 heterocycles. The van der Waals surface area contributed by atoms with Gasteiger partial charge >= 0.3 is 5.97 Å². The van der Waals surface area contributed by atoms with Crippen molar-refractivity contribution in [2.24, 2.45) is 0 Å². The Bertz CT molecular complexity index is 819. The predicted octanol–water partition coefficient (Wildman–Crippen LogP) is 2.35. The number of carboxylic acid groups (broad SMARTS) is 1. The molecule has 6 nitrogen and oxygen atoms in total. The minimum absolute atomic E-state index is 0.0391. The zero-order chi connectivity index (χ0) is 16.7. The molecule has 8 heteroatoms. The van der Waals surface area contributed by atoms with E-state index in [1.165, 1.54) is 30.4 Å². The summed E-state index contributed by atoms with van der Waals surface area (Å²) in [5.74, 6) is -1.22. The minimum Gasteiger partial charge on any atom is -0.480 e. The highest BCUT2D eigenvalue weighted by molar-refractivity contribution is 7.89. The highest BCUT2D eigenvalue weighted by atomic mass is 32.2. The smallest absolute Gasteiger partial charge is 0.321 e. The zero-order valence-electron chi connectivity index (χ0n) is 12.7. The molecular formula is C14H18N2O4S2. The number of nitrogens with one attached hydrogen (secondary N) is 1. The van der Waals surface area contributed by atoms with E-state index in [0.29, 0.717) is 0 Å². The van der Waals surface area contributed by atoms with Gasteiger partial charge in [0.1, 0.15) is 6.04 Å².